The molecule has 7 nitrogen and oxygen atoms in total. The van der Waals surface area contributed by atoms with Crippen LogP contribution < -0.4 is 5.32 Å². The Bertz CT molecular complexity index is 1660. The van der Waals surface area contributed by atoms with E-state index in [-0.39, 0.29) is 17.4 Å². The number of rotatable bonds is 9. The summed E-state index contributed by atoms with van der Waals surface area (Å²) >= 11 is 0. The summed E-state index contributed by atoms with van der Waals surface area (Å²) in [6.07, 6.45) is 12.7. The largest absolute Gasteiger partial charge is 0.478 e. The number of hydrogen-bond acceptors (Lipinski definition) is 4. The number of aryl methyl sites for hydroxylation is 1. The summed E-state index contributed by atoms with van der Waals surface area (Å²) in [4.78, 5) is 32.6. The smallest absolute Gasteiger partial charge is 0.335 e. The minimum absolute atomic E-state index is 0.0147. The first-order valence-corrected chi connectivity index (χ1v) is 15.5. The number of para-hydroxylation sites is 1. The Morgan fingerprint density at radius 2 is 1.75 bits per heavy atom. The highest BCUT2D eigenvalue weighted by atomic mass is 16.4. The van der Waals surface area contributed by atoms with Crippen molar-refractivity contribution in [3.63, 3.8) is 0 Å². The van der Waals surface area contributed by atoms with Gasteiger partial charge in [-0.2, -0.15) is 0 Å². The summed E-state index contributed by atoms with van der Waals surface area (Å²) in [5.41, 5.74) is 5.48. The molecule has 230 valence electrons. The number of nitrogens with one attached hydrogen (secondary N) is 1. The van der Waals surface area contributed by atoms with Gasteiger partial charge in [0.15, 0.2) is 0 Å². The summed E-state index contributed by atoms with van der Waals surface area (Å²) in [5.74, 6) is -0.0589. The zero-order chi connectivity index (χ0) is 31.6. The van der Waals surface area contributed by atoms with Crippen LogP contribution in [-0.2, 0) is 17.9 Å². The van der Waals surface area contributed by atoms with Crippen LogP contribution in [0.5, 0.6) is 0 Å². The minimum Gasteiger partial charge on any atom is -0.478 e. The monoisotopic (exact) mass is 592 g/mol. The molecule has 0 aliphatic heterocycles. The van der Waals surface area contributed by atoms with Crippen LogP contribution in [-0.4, -0.2) is 31.5 Å². The van der Waals surface area contributed by atoms with Gasteiger partial charge >= 0.3 is 5.97 Å². The van der Waals surface area contributed by atoms with Crippen molar-refractivity contribution in [1.29, 1.82) is 0 Å². The van der Waals surface area contributed by atoms with Crippen molar-refractivity contribution in [3.05, 3.63) is 108 Å². The molecule has 1 amide bonds. The summed E-state index contributed by atoms with van der Waals surface area (Å²) in [7, 11) is 0. The summed E-state index contributed by atoms with van der Waals surface area (Å²) in [5, 5.41) is 14.3. The Hall–Kier alpha value is -4.52. The topological polar surface area (TPSA) is 97.1 Å². The van der Waals surface area contributed by atoms with Crippen LogP contribution in [0.4, 0.5) is 0 Å². The van der Waals surface area contributed by atoms with Crippen LogP contribution >= 0.6 is 0 Å². The fourth-order valence-corrected chi connectivity index (χ4v) is 5.93. The zero-order valence-electron chi connectivity index (χ0n) is 26.2. The molecule has 44 heavy (non-hydrogen) atoms. The molecule has 1 fully saturated rings. The maximum atomic E-state index is 12.8. The van der Waals surface area contributed by atoms with E-state index in [9.17, 15) is 9.59 Å². The maximum absolute atomic E-state index is 12.8. The van der Waals surface area contributed by atoms with Crippen molar-refractivity contribution in [2.24, 2.45) is 11.8 Å². The second kappa shape index (κ2) is 15.3. The van der Waals surface area contributed by atoms with Crippen LogP contribution in [0.25, 0.3) is 21.9 Å². The zero-order valence-corrected chi connectivity index (χ0v) is 26.2. The van der Waals surface area contributed by atoms with E-state index in [1.807, 2.05) is 13.1 Å². The number of benzene rings is 2. The van der Waals surface area contributed by atoms with Crippen LogP contribution in [0.15, 0.2) is 91.2 Å². The van der Waals surface area contributed by atoms with Gasteiger partial charge in [-0.05, 0) is 68.9 Å². The number of carbonyl (C=O) groups is 2. The van der Waals surface area contributed by atoms with E-state index in [1.165, 1.54) is 29.3 Å². The van der Waals surface area contributed by atoms with Crippen molar-refractivity contribution >= 4 is 33.8 Å². The standard InChI is InChI=1S/C21H27NO3.C16H17N3/c1-3-15(2)19(17-8-6-4-5-7-9-17)20(23)22-14-16-10-12-18(13-11-16)21(24)25;1-4-11(2)10-19-15-8-6-5-7-13(15)14-9-17-12(3)18-16(14)19/h3,10-13,17,19H,1-2,4-9,14H2,(H,22,23)(H,24,25);4-9H,10H2,1-3H3/b;11-4+. The first-order valence-electron chi connectivity index (χ1n) is 15.5. The van der Waals surface area contributed by atoms with Gasteiger partial charge in [-0.15, -0.1) is 0 Å². The molecule has 2 aromatic carbocycles. The van der Waals surface area contributed by atoms with Crippen molar-refractivity contribution in [3.8, 4) is 0 Å². The lowest BCUT2D eigenvalue weighted by Gasteiger charge is -2.26. The number of allylic oxidation sites excluding steroid dienone is 3. The number of carboxylic acids is 1. The molecule has 2 aromatic heterocycles. The second-order valence-electron chi connectivity index (χ2n) is 11.6. The van der Waals surface area contributed by atoms with Gasteiger partial charge in [0.05, 0.1) is 17.0 Å². The lowest BCUT2D eigenvalue weighted by Crippen LogP contribution is -2.35. The van der Waals surface area contributed by atoms with E-state index < -0.39 is 5.97 Å². The molecular weight excluding hydrogens is 548 g/mol. The average Bonchev–Trinajstić information content (AvgIpc) is 3.16. The minimum atomic E-state index is -0.953. The van der Waals surface area contributed by atoms with Gasteiger partial charge < -0.3 is 15.0 Å². The Morgan fingerprint density at radius 3 is 2.39 bits per heavy atom. The number of amides is 1. The van der Waals surface area contributed by atoms with Crippen LogP contribution in [0.3, 0.4) is 0 Å². The van der Waals surface area contributed by atoms with Crippen molar-refractivity contribution in [2.75, 3.05) is 0 Å². The predicted octanol–water partition coefficient (Wildman–Crippen LogP) is 8.19. The highest BCUT2D eigenvalue weighted by molar-refractivity contribution is 6.06. The normalized spacial score (nSPS) is 14.8. The summed E-state index contributed by atoms with van der Waals surface area (Å²) in [6, 6.07) is 15.0. The first-order chi connectivity index (χ1) is 21.2. The van der Waals surface area contributed by atoms with E-state index in [0.717, 1.165) is 60.2 Å². The van der Waals surface area contributed by atoms with Gasteiger partial charge in [-0.3, -0.25) is 4.79 Å². The molecule has 1 unspecified atom stereocenters. The van der Waals surface area contributed by atoms with Gasteiger partial charge in [0, 0.05) is 30.1 Å². The molecule has 4 aromatic rings. The van der Waals surface area contributed by atoms with Gasteiger partial charge in [0.25, 0.3) is 0 Å². The van der Waals surface area contributed by atoms with Gasteiger partial charge in [-0.25, -0.2) is 14.8 Å². The SMILES string of the molecule is C/C=C(\C)Cn1c2ccccc2c2cnc(C)nc21.C=CC(=C)C(C(=O)NCc1ccc(C(=O)O)cc1)C1CCCCCC1. The molecule has 1 aliphatic carbocycles. The van der Waals surface area contributed by atoms with E-state index in [0.29, 0.717) is 12.5 Å². The Balaban J connectivity index is 0.000000208. The maximum Gasteiger partial charge on any atom is 0.335 e. The number of fused-ring (bicyclic) bond motifs is 3. The molecular formula is C37H44N4O3. The lowest BCUT2D eigenvalue weighted by atomic mass is 9.81. The quantitative estimate of drug-likeness (QED) is 0.116. The number of hydrogen-bond donors (Lipinski definition) is 2. The summed E-state index contributed by atoms with van der Waals surface area (Å²) < 4.78 is 2.27. The third kappa shape index (κ3) is 7.90. The number of carbonyl (C=O) groups excluding carboxylic acids is 1. The van der Waals surface area contributed by atoms with Crippen LogP contribution in [0.2, 0.25) is 0 Å². The molecule has 0 spiro atoms. The highest BCUT2D eigenvalue weighted by Gasteiger charge is 2.30. The van der Waals surface area contributed by atoms with E-state index in [2.05, 4.69) is 77.2 Å². The Morgan fingerprint density at radius 1 is 1.07 bits per heavy atom. The van der Waals surface area contributed by atoms with E-state index in [1.54, 1.807) is 30.3 Å². The van der Waals surface area contributed by atoms with Crippen LogP contribution in [0, 0.1) is 18.8 Å². The fourth-order valence-electron chi connectivity index (χ4n) is 5.93. The molecule has 2 heterocycles. The van der Waals surface area contributed by atoms with Crippen molar-refractivity contribution < 1.29 is 14.7 Å². The first kappa shape index (κ1) is 32.4. The summed E-state index contributed by atoms with van der Waals surface area (Å²) in [6.45, 7) is 15.2. The molecule has 0 saturated heterocycles. The van der Waals surface area contributed by atoms with E-state index in [4.69, 9.17) is 5.11 Å². The molecule has 1 aliphatic rings. The predicted molar refractivity (Wildman–Crippen MR) is 178 cm³/mol. The highest BCUT2D eigenvalue weighted by Crippen LogP contribution is 2.33. The number of aromatic carboxylic acids is 1. The average molecular weight is 593 g/mol. The number of carboxylic acid groups (broad SMARTS) is 1. The molecule has 7 heteroatoms. The van der Waals surface area contributed by atoms with Gasteiger partial charge in [0.1, 0.15) is 11.5 Å². The van der Waals surface area contributed by atoms with Crippen LogP contribution in [0.1, 0.15) is 74.1 Å². The molecule has 2 N–H and O–H groups in total. The Labute approximate surface area is 260 Å². The van der Waals surface area contributed by atoms with Crippen molar-refractivity contribution in [2.45, 2.75) is 72.4 Å². The molecule has 0 radical (unpaired) electrons. The third-order valence-corrected chi connectivity index (χ3v) is 8.51. The molecule has 0 bridgehead atoms. The van der Waals surface area contributed by atoms with Crippen molar-refractivity contribution in [1.82, 2.24) is 19.9 Å². The van der Waals surface area contributed by atoms with Gasteiger partial charge in [0.2, 0.25) is 5.91 Å². The molecule has 1 atom stereocenters. The molecule has 1 saturated carbocycles. The Kier molecular flexibility index (Phi) is 11.2. The fraction of sp³-hybridized carbons (Fsp3) is 0.351. The number of nitrogens with zero attached hydrogens (tertiary/aromatic N) is 3. The van der Waals surface area contributed by atoms with E-state index >= 15 is 0 Å². The molecule has 5 rings (SSSR count). The van der Waals surface area contributed by atoms with Gasteiger partial charge in [-0.1, -0.05) is 86.9 Å². The lowest BCUT2D eigenvalue weighted by molar-refractivity contribution is -0.125. The third-order valence-electron chi connectivity index (χ3n) is 8.51. The number of aromatic nitrogens is 3. The second-order valence-corrected chi connectivity index (χ2v) is 11.6.